The summed E-state index contributed by atoms with van der Waals surface area (Å²) < 4.78 is 25.5. The molecule has 160 valence electrons. The molecule has 1 aliphatic carbocycles. The zero-order valence-electron chi connectivity index (χ0n) is 16.8. The molecule has 3 aliphatic rings. The Morgan fingerprint density at radius 3 is 2.52 bits per heavy atom. The molecular formula is C24H22FNO5. The van der Waals surface area contributed by atoms with Crippen LogP contribution in [0.5, 0.6) is 11.5 Å². The van der Waals surface area contributed by atoms with Gasteiger partial charge >= 0.3 is 0 Å². The molecule has 7 heteroatoms. The van der Waals surface area contributed by atoms with Crippen molar-refractivity contribution in [2.24, 2.45) is 0 Å². The maximum atomic E-state index is 14.9. The molecule has 2 heterocycles. The van der Waals surface area contributed by atoms with Crippen molar-refractivity contribution in [1.29, 1.82) is 0 Å². The second-order valence-electron chi connectivity index (χ2n) is 8.09. The molecule has 2 fully saturated rings. The third-order valence-electron chi connectivity index (χ3n) is 6.29. The van der Waals surface area contributed by atoms with Gasteiger partial charge in [0.1, 0.15) is 11.6 Å². The van der Waals surface area contributed by atoms with Crippen LogP contribution in [0.25, 0.3) is 5.76 Å². The highest BCUT2D eigenvalue weighted by atomic mass is 19.1. The van der Waals surface area contributed by atoms with Crippen LogP contribution < -0.4 is 9.47 Å². The van der Waals surface area contributed by atoms with Gasteiger partial charge in [-0.05, 0) is 37.1 Å². The van der Waals surface area contributed by atoms with Crippen LogP contribution in [-0.4, -0.2) is 34.5 Å². The zero-order chi connectivity index (χ0) is 21.5. The van der Waals surface area contributed by atoms with E-state index in [-0.39, 0.29) is 29.7 Å². The summed E-state index contributed by atoms with van der Waals surface area (Å²) in [5, 5.41) is 11.1. The number of carbonyl (C=O) groups excluding carboxylic acids is 2. The number of aliphatic hydroxyl groups excluding tert-OH is 1. The smallest absolute Gasteiger partial charge is 0.295 e. The topological polar surface area (TPSA) is 76.1 Å². The third-order valence-corrected chi connectivity index (χ3v) is 6.29. The van der Waals surface area contributed by atoms with Crippen molar-refractivity contribution in [2.75, 3.05) is 6.79 Å². The fourth-order valence-corrected chi connectivity index (χ4v) is 4.79. The van der Waals surface area contributed by atoms with Crippen LogP contribution in [0.1, 0.15) is 49.3 Å². The van der Waals surface area contributed by atoms with Gasteiger partial charge in [0.25, 0.3) is 11.7 Å². The van der Waals surface area contributed by atoms with E-state index in [2.05, 4.69) is 0 Å². The number of aliphatic hydroxyl groups is 1. The van der Waals surface area contributed by atoms with E-state index in [1.807, 2.05) is 0 Å². The summed E-state index contributed by atoms with van der Waals surface area (Å²) in [5.41, 5.74) is 0.418. The van der Waals surface area contributed by atoms with Gasteiger partial charge in [0.15, 0.2) is 11.5 Å². The van der Waals surface area contributed by atoms with Crippen LogP contribution >= 0.6 is 0 Å². The average Bonchev–Trinajstić information content (AvgIpc) is 3.36. The number of halogens is 1. The number of nitrogens with zero attached hydrogens (tertiary/aromatic N) is 1. The van der Waals surface area contributed by atoms with E-state index < -0.39 is 23.5 Å². The maximum absolute atomic E-state index is 14.9. The minimum Gasteiger partial charge on any atom is -0.507 e. The lowest BCUT2D eigenvalue weighted by Gasteiger charge is -2.35. The lowest BCUT2D eigenvalue weighted by molar-refractivity contribution is -0.141. The van der Waals surface area contributed by atoms with Crippen molar-refractivity contribution < 1.29 is 28.6 Å². The lowest BCUT2D eigenvalue weighted by Crippen LogP contribution is -2.40. The van der Waals surface area contributed by atoms with E-state index >= 15 is 0 Å². The highest BCUT2D eigenvalue weighted by Gasteiger charge is 2.49. The molecule has 0 bridgehead atoms. The van der Waals surface area contributed by atoms with Crippen LogP contribution in [0.3, 0.4) is 0 Å². The Labute approximate surface area is 178 Å². The fourth-order valence-electron chi connectivity index (χ4n) is 4.79. The van der Waals surface area contributed by atoms with E-state index in [4.69, 9.17) is 9.47 Å². The SMILES string of the molecule is O=C1C(=O)N(C2CCCCC2)C(c2ccccc2F)/C1=C(\O)c1ccc2c(c1)OCO2. The molecule has 0 aromatic heterocycles. The molecule has 1 N–H and O–H groups in total. The maximum Gasteiger partial charge on any atom is 0.295 e. The third kappa shape index (κ3) is 3.24. The second-order valence-corrected chi connectivity index (χ2v) is 8.09. The number of amides is 1. The molecule has 5 rings (SSSR count). The van der Waals surface area contributed by atoms with E-state index in [1.165, 1.54) is 11.0 Å². The number of hydrogen-bond donors (Lipinski definition) is 1. The van der Waals surface area contributed by atoms with Crippen LogP contribution in [0.2, 0.25) is 0 Å². The minimum absolute atomic E-state index is 0.0703. The Morgan fingerprint density at radius 1 is 1.00 bits per heavy atom. The number of likely N-dealkylation sites (tertiary alicyclic amines) is 1. The first-order valence-corrected chi connectivity index (χ1v) is 10.5. The summed E-state index contributed by atoms with van der Waals surface area (Å²) in [6, 6.07) is 9.73. The molecule has 2 aromatic rings. The van der Waals surface area contributed by atoms with Crippen LogP contribution in [-0.2, 0) is 9.59 Å². The first-order chi connectivity index (χ1) is 15.1. The molecule has 0 radical (unpaired) electrons. The summed E-state index contributed by atoms with van der Waals surface area (Å²) in [7, 11) is 0. The number of benzene rings is 2. The molecule has 1 unspecified atom stereocenters. The number of ether oxygens (including phenoxy) is 2. The Balaban J connectivity index is 1.67. The monoisotopic (exact) mass is 423 g/mol. The number of fused-ring (bicyclic) bond motifs is 1. The van der Waals surface area contributed by atoms with Crippen molar-refractivity contribution in [3.8, 4) is 11.5 Å². The van der Waals surface area contributed by atoms with Gasteiger partial charge in [0.05, 0.1) is 11.6 Å². The molecule has 31 heavy (non-hydrogen) atoms. The number of carbonyl (C=O) groups is 2. The van der Waals surface area contributed by atoms with Crippen LogP contribution in [0, 0.1) is 5.82 Å². The predicted molar refractivity (Wildman–Crippen MR) is 110 cm³/mol. The summed E-state index contributed by atoms with van der Waals surface area (Å²) in [6.07, 6.45) is 4.46. The standard InChI is InChI=1S/C24H22FNO5/c25-17-9-5-4-8-16(17)21-20(22(27)14-10-11-18-19(12-14)31-13-30-18)23(28)24(29)26(21)15-6-2-1-3-7-15/h4-5,8-12,15,21,27H,1-3,6-7,13H2/b22-20+. The van der Waals surface area contributed by atoms with Crippen molar-refractivity contribution in [2.45, 2.75) is 44.2 Å². The summed E-state index contributed by atoms with van der Waals surface area (Å²) in [6.45, 7) is 0.0703. The normalized spacial score (nSPS) is 22.9. The van der Waals surface area contributed by atoms with Crippen LogP contribution in [0.15, 0.2) is 48.0 Å². The van der Waals surface area contributed by atoms with E-state index in [0.717, 1.165) is 32.1 Å². The van der Waals surface area contributed by atoms with Gasteiger partial charge < -0.3 is 19.5 Å². The molecular weight excluding hydrogens is 401 g/mol. The van der Waals surface area contributed by atoms with Gasteiger partial charge in [-0.15, -0.1) is 0 Å². The van der Waals surface area contributed by atoms with E-state index in [0.29, 0.717) is 17.1 Å². The summed E-state index contributed by atoms with van der Waals surface area (Å²) >= 11 is 0. The Kier molecular flexibility index (Phi) is 4.88. The second kappa shape index (κ2) is 7.72. The quantitative estimate of drug-likeness (QED) is 0.452. The number of rotatable bonds is 3. The number of hydrogen-bond acceptors (Lipinski definition) is 5. The first kappa shape index (κ1) is 19.6. The minimum atomic E-state index is -0.977. The Bertz CT molecular complexity index is 1090. The molecule has 1 saturated carbocycles. The van der Waals surface area contributed by atoms with E-state index in [9.17, 15) is 19.1 Å². The van der Waals surface area contributed by atoms with Crippen LogP contribution in [0.4, 0.5) is 4.39 Å². The number of Topliss-reactive ketones (excluding diaryl/α,β-unsaturated/α-hetero) is 1. The van der Waals surface area contributed by atoms with Gasteiger partial charge in [-0.3, -0.25) is 9.59 Å². The molecule has 1 amide bonds. The van der Waals surface area contributed by atoms with Crippen molar-refractivity contribution in [3.05, 3.63) is 65.0 Å². The summed E-state index contributed by atoms with van der Waals surface area (Å²) in [5.74, 6) is -1.38. The molecule has 2 aliphatic heterocycles. The highest BCUT2D eigenvalue weighted by Crippen LogP contribution is 2.44. The summed E-state index contributed by atoms with van der Waals surface area (Å²) in [4.78, 5) is 27.7. The van der Waals surface area contributed by atoms with Crippen molar-refractivity contribution in [1.82, 2.24) is 4.90 Å². The Morgan fingerprint density at radius 2 is 1.74 bits per heavy atom. The number of ketones is 1. The van der Waals surface area contributed by atoms with Gasteiger partial charge in [-0.2, -0.15) is 0 Å². The first-order valence-electron chi connectivity index (χ1n) is 10.5. The van der Waals surface area contributed by atoms with Crippen molar-refractivity contribution >= 4 is 17.4 Å². The zero-order valence-corrected chi connectivity index (χ0v) is 16.8. The Hall–Kier alpha value is -3.35. The van der Waals surface area contributed by atoms with Gasteiger partial charge in [-0.25, -0.2) is 4.39 Å². The lowest BCUT2D eigenvalue weighted by atomic mass is 9.90. The van der Waals surface area contributed by atoms with Gasteiger partial charge in [0.2, 0.25) is 6.79 Å². The average molecular weight is 423 g/mol. The predicted octanol–water partition coefficient (Wildman–Crippen LogP) is 4.31. The largest absolute Gasteiger partial charge is 0.507 e. The molecule has 6 nitrogen and oxygen atoms in total. The fraction of sp³-hybridized carbons (Fsp3) is 0.333. The molecule has 0 spiro atoms. The van der Waals surface area contributed by atoms with Crippen molar-refractivity contribution in [3.63, 3.8) is 0 Å². The highest BCUT2D eigenvalue weighted by molar-refractivity contribution is 6.46. The molecule has 1 atom stereocenters. The molecule has 2 aromatic carbocycles. The molecule has 1 saturated heterocycles. The van der Waals surface area contributed by atoms with Gasteiger partial charge in [-0.1, -0.05) is 37.5 Å². The van der Waals surface area contributed by atoms with E-state index in [1.54, 1.807) is 36.4 Å². The van der Waals surface area contributed by atoms with Gasteiger partial charge in [0, 0.05) is 17.2 Å².